The number of amides is 1. The van der Waals surface area contributed by atoms with Crippen LogP contribution in [0.1, 0.15) is 39.2 Å². The topological polar surface area (TPSA) is 66.5 Å². The Labute approximate surface area is 192 Å². The molecule has 1 amide bonds. The Bertz CT molecular complexity index is 1170. The third kappa shape index (κ3) is 4.17. The van der Waals surface area contributed by atoms with E-state index in [2.05, 4.69) is 4.72 Å². The van der Waals surface area contributed by atoms with E-state index in [-0.39, 0.29) is 29.2 Å². The molecule has 4 atom stereocenters. The maximum Gasteiger partial charge on any atom is 0.229 e. The lowest BCUT2D eigenvalue weighted by Gasteiger charge is -2.45. The summed E-state index contributed by atoms with van der Waals surface area (Å²) in [5.74, 6) is -2.99. The number of hydrogen-bond donors (Lipinski definition) is 1. The number of likely N-dealkylation sites (tertiary alicyclic amines) is 1. The van der Waals surface area contributed by atoms with Crippen LogP contribution in [-0.2, 0) is 20.5 Å². The number of carbonyl (C=O) groups is 1. The zero-order chi connectivity index (χ0) is 24.1. The van der Waals surface area contributed by atoms with Crippen molar-refractivity contribution >= 4 is 15.9 Å². The molecule has 2 aromatic rings. The quantitative estimate of drug-likeness (QED) is 0.648. The summed E-state index contributed by atoms with van der Waals surface area (Å²) in [6, 6.07) is 8.64. The highest BCUT2D eigenvalue weighted by molar-refractivity contribution is 7.90. The molecule has 0 bridgehead atoms. The Balaban J connectivity index is 1.55. The first-order chi connectivity index (χ1) is 15.5. The minimum absolute atomic E-state index is 0.0815. The molecule has 5 nitrogen and oxygen atoms in total. The van der Waals surface area contributed by atoms with Crippen molar-refractivity contribution in [1.29, 1.82) is 0 Å². The van der Waals surface area contributed by atoms with Crippen molar-refractivity contribution in [3.8, 4) is 11.1 Å². The van der Waals surface area contributed by atoms with Gasteiger partial charge in [0.05, 0.1) is 16.7 Å². The molecule has 1 saturated carbocycles. The van der Waals surface area contributed by atoms with Crippen LogP contribution < -0.4 is 4.72 Å². The molecule has 33 heavy (non-hydrogen) atoms. The van der Waals surface area contributed by atoms with Crippen LogP contribution in [0.4, 0.5) is 13.2 Å². The summed E-state index contributed by atoms with van der Waals surface area (Å²) < 4.78 is 71.8. The normalized spacial score (nSPS) is 25.6. The highest BCUT2D eigenvalue weighted by atomic mass is 32.2. The van der Waals surface area contributed by atoms with Crippen LogP contribution in [-0.4, -0.2) is 43.1 Å². The molecule has 0 radical (unpaired) electrons. The van der Waals surface area contributed by atoms with Gasteiger partial charge < -0.3 is 4.90 Å². The summed E-state index contributed by atoms with van der Waals surface area (Å²) in [6.07, 6.45) is 0.519. The SMILES string of the molecule is CC(C)S(=O)(=O)N[C@@H](C)[C@@H]1CCN1C(=O)[C@@H]1C[C@@]1(F)c1ccccc1-c1c(F)cccc1F. The third-order valence-corrected chi connectivity index (χ3v) is 8.64. The molecule has 1 N–H and O–H groups in total. The first kappa shape index (κ1) is 23.8. The summed E-state index contributed by atoms with van der Waals surface area (Å²) in [5.41, 5.74) is -2.19. The average molecular weight is 481 g/mol. The van der Waals surface area contributed by atoms with Gasteiger partial charge in [-0.1, -0.05) is 30.3 Å². The summed E-state index contributed by atoms with van der Waals surface area (Å²) >= 11 is 0. The van der Waals surface area contributed by atoms with Crippen LogP contribution in [0.25, 0.3) is 11.1 Å². The van der Waals surface area contributed by atoms with Crippen LogP contribution in [0, 0.1) is 17.6 Å². The van der Waals surface area contributed by atoms with E-state index >= 15 is 4.39 Å². The van der Waals surface area contributed by atoms with E-state index in [1.165, 1.54) is 23.1 Å². The zero-order valence-corrected chi connectivity index (χ0v) is 19.5. The molecular formula is C24H27F3N2O3S. The predicted molar refractivity (Wildman–Crippen MR) is 119 cm³/mol. The van der Waals surface area contributed by atoms with Gasteiger partial charge in [0.1, 0.15) is 17.3 Å². The molecule has 9 heteroatoms. The van der Waals surface area contributed by atoms with Crippen LogP contribution in [0.5, 0.6) is 0 Å². The first-order valence-corrected chi connectivity index (χ1v) is 12.6. The van der Waals surface area contributed by atoms with Gasteiger partial charge in [-0.3, -0.25) is 4.79 Å². The highest BCUT2D eigenvalue weighted by Crippen LogP contribution is 2.59. The van der Waals surface area contributed by atoms with Crippen molar-refractivity contribution < 1.29 is 26.4 Å². The molecule has 1 aliphatic heterocycles. The molecular weight excluding hydrogens is 453 g/mol. The number of nitrogens with one attached hydrogen (secondary N) is 1. The number of rotatable bonds is 7. The van der Waals surface area contributed by atoms with Gasteiger partial charge in [0.15, 0.2) is 0 Å². The van der Waals surface area contributed by atoms with E-state index in [0.29, 0.717) is 13.0 Å². The van der Waals surface area contributed by atoms with Gasteiger partial charge >= 0.3 is 0 Å². The zero-order valence-electron chi connectivity index (χ0n) is 18.7. The smallest absolute Gasteiger partial charge is 0.229 e. The Kier molecular flexibility index (Phi) is 6.07. The van der Waals surface area contributed by atoms with E-state index in [9.17, 15) is 22.0 Å². The second-order valence-electron chi connectivity index (χ2n) is 9.15. The average Bonchev–Trinajstić information content (AvgIpc) is 3.39. The maximum absolute atomic E-state index is 16.0. The minimum atomic E-state index is -3.52. The van der Waals surface area contributed by atoms with Gasteiger partial charge in [0, 0.05) is 25.0 Å². The van der Waals surface area contributed by atoms with Crippen LogP contribution in [0.3, 0.4) is 0 Å². The van der Waals surface area contributed by atoms with Crippen molar-refractivity contribution in [1.82, 2.24) is 9.62 Å². The molecule has 0 spiro atoms. The second-order valence-corrected chi connectivity index (χ2v) is 11.4. The molecule has 2 aromatic carbocycles. The molecule has 0 aromatic heterocycles. The standard InChI is InChI=1S/C24H27F3N2O3S/c1-14(2)33(31,32)28-15(3)21-11-12-29(21)23(30)18-13-24(18,27)17-8-5-4-7-16(17)22-19(25)9-6-10-20(22)26/h4-10,14-15,18,21,28H,11-13H2,1-3H3/t15-,18-,21-,24+/m0/s1. The van der Waals surface area contributed by atoms with E-state index in [1.807, 2.05) is 0 Å². The Morgan fingerprint density at radius 3 is 2.30 bits per heavy atom. The van der Waals surface area contributed by atoms with Gasteiger partial charge in [0.25, 0.3) is 0 Å². The molecule has 1 aliphatic carbocycles. The van der Waals surface area contributed by atoms with Gasteiger partial charge in [0.2, 0.25) is 15.9 Å². The van der Waals surface area contributed by atoms with Crippen molar-refractivity contribution in [3.63, 3.8) is 0 Å². The Morgan fingerprint density at radius 1 is 1.09 bits per heavy atom. The molecule has 0 unspecified atom stereocenters. The molecule has 1 heterocycles. The Hall–Kier alpha value is -2.39. The largest absolute Gasteiger partial charge is 0.338 e. The summed E-state index contributed by atoms with van der Waals surface area (Å²) in [4.78, 5) is 14.6. The number of sulfonamides is 1. The van der Waals surface area contributed by atoms with Gasteiger partial charge in [-0.15, -0.1) is 0 Å². The maximum atomic E-state index is 16.0. The molecule has 178 valence electrons. The van der Waals surface area contributed by atoms with Crippen LogP contribution in [0.15, 0.2) is 42.5 Å². The fraction of sp³-hybridized carbons (Fsp3) is 0.458. The van der Waals surface area contributed by atoms with Crippen molar-refractivity contribution in [3.05, 3.63) is 59.7 Å². The van der Waals surface area contributed by atoms with Crippen molar-refractivity contribution in [2.75, 3.05) is 6.54 Å². The van der Waals surface area contributed by atoms with Gasteiger partial charge in [-0.2, -0.15) is 0 Å². The fourth-order valence-electron chi connectivity index (χ4n) is 4.51. The Morgan fingerprint density at radius 2 is 1.73 bits per heavy atom. The van der Waals surface area contributed by atoms with E-state index in [0.717, 1.165) is 12.1 Å². The van der Waals surface area contributed by atoms with Gasteiger partial charge in [-0.05, 0) is 50.5 Å². The predicted octanol–water partition coefficient (Wildman–Crippen LogP) is 4.13. The number of benzene rings is 2. The van der Waals surface area contributed by atoms with Crippen molar-refractivity contribution in [2.45, 2.75) is 56.6 Å². The lowest BCUT2D eigenvalue weighted by molar-refractivity contribution is -0.142. The van der Waals surface area contributed by atoms with Crippen molar-refractivity contribution in [2.24, 2.45) is 5.92 Å². The molecule has 2 fully saturated rings. The summed E-state index contributed by atoms with van der Waals surface area (Å²) in [5, 5.41) is -0.610. The lowest BCUT2D eigenvalue weighted by atomic mass is 9.92. The fourth-order valence-corrected chi connectivity index (χ4v) is 5.46. The molecule has 1 saturated heterocycles. The van der Waals surface area contributed by atoms with Crippen LogP contribution in [0.2, 0.25) is 0 Å². The van der Waals surface area contributed by atoms with Crippen LogP contribution >= 0.6 is 0 Å². The number of nitrogens with zero attached hydrogens (tertiary/aromatic N) is 1. The first-order valence-electron chi connectivity index (χ1n) is 11.0. The minimum Gasteiger partial charge on any atom is -0.338 e. The summed E-state index contributed by atoms with van der Waals surface area (Å²) in [6.45, 7) is 5.23. The van der Waals surface area contributed by atoms with Gasteiger partial charge in [-0.25, -0.2) is 26.3 Å². The summed E-state index contributed by atoms with van der Waals surface area (Å²) in [7, 11) is -3.52. The second kappa shape index (κ2) is 8.43. The monoisotopic (exact) mass is 480 g/mol. The number of alkyl halides is 1. The number of halogens is 3. The molecule has 4 rings (SSSR count). The number of carbonyl (C=O) groups excluding carboxylic acids is 1. The lowest BCUT2D eigenvalue weighted by Crippen LogP contribution is -2.61. The third-order valence-electron chi connectivity index (χ3n) is 6.70. The molecule has 2 aliphatic rings. The number of hydrogen-bond acceptors (Lipinski definition) is 3. The highest BCUT2D eigenvalue weighted by Gasteiger charge is 2.63. The van der Waals surface area contributed by atoms with E-state index in [4.69, 9.17) is 0 Å². The van der Waals surface area contributed by atoms with E-state index in [1.54, 1.807) is 32.9 Å². The van der Waals surface area contributed by atoms with E-state index < -0.39 is 50.4 Å².